The second-order valence-corrected chi connectivity index (χ2v) is 6.85. The number of benzene rings is 2. The van der Waals surface area contributed by atoms with Crippen molar-refractivity contribution in [1.29, 1.82) is 0 Å². The van der Waals surface area contributed by atoms with Crippen molar-refractivity contribution in [3.05, 3.63) is 64.7 Å². The van der Waals surface area contributed by atoms with Crippen molar-refractivity contribution in [3.63, 3.8) is 0 Å². The average Bonchev–Trinajstić information content (AvgIpc) is 2.65. The number of carbonyl (C=O) groups is 1. The maximum absolute atomic E-state index is 10.9. The molecule has 0 atom stereocenters. The molecule has 3 rings (SSSR count). The lowest BCUT2D eigenvalue weighted by atomic mass is 10.1. The summed E-state index contributed by atoms with van der Waals surface area (Å²) in [6.07, 6.45) is 0.0232. The van der Waals surface area contributed by atoms with Crippen molar-refractivity contribution < 1.29 is 14.6 Å². The molecule has 5 nitrogen and oxygen atoms in total. The highest BCUT2D eigenvalue weighted by Crippen LogP contribution is 2.16. The Morgan fingerprint density at radius 1 is 0.962 bits per heavy atom. The van der Waals surface area contributed by atoms with Gasteiger partial charge < -0.3 is 14.7 Å². The maximum Gasteiger partial charge on any atom is 0.407 e. The average molecular weight is 375 g/mol. The number of carboxylic acid groups (broad SMARTS) is 1. The number of amides is 1. The molecule has 1 aliphatic heterocycles. The lowest BCUT2D eigenvalue weighted by molar-refractivity contribution is 0.103. The van der Waals surface area contributed by atoms with Gasteiger partial charge in [-0.2, -0.15) is 0 Å². The Balaban J connectivity index is 1.42. The first kappa shape index (κ1) is 18.5. The summed E-state index contributed by atoms with van der Waals surface area (Å²) in [4.78, 5) is 14.7. The van der Waals surface area contributed by atoms with E-state index in [1.54, 1.807) is 0 Å². The molecule has 138 valence electrons. The second-order valence-electron chi connectivity index (χ2n) is 6.41. The molecule has 0 bridgehead atoms. The lowest BCUT2D eigenvalue weighted by Crippen LogP contribution is -2.47. The smallest absolute Gasteiger partial charge is 0.407 e. The molecule has 0 radical (unpaired) electrons. The summed E-state index contributed by atoms with van der Waals surface area (Å²) in [5.74, 6) is 0.825. The monoisotopic (exact) mass is 374 g/mol. The summed E-state index contributed by atoms with van der Waals surface area (Å²) in [5.41, 5.74) is 2.48. The van der Waals surface area contributed by atoms with Crippen molar-refractivity contribution in [1.82, 2.24) is 9.80 Å². The fraction of sp³-hybridized carbons (Fsp3) is 0.350. The first-order valence-corrected chi connectivity index (χ1v) is 9.14. The van der Waals surface area contributed by atoms with E-state index in [4.69, 9.17) is 21.4 Å². The van der Waals surface area contributed by atoms with Gasteiger partial charge in [-0.05, 0) is 35.4 Å². The van der Waals surface area contributed by atoms with E-state index in [1.165, 1.54) is 16.0 Å². The minimum atomic E-state index is -0.824. The van der Waals surface area contributed by atoms with Gasteiger partial charge in [0.2, 0.25) is 0 Å². The van der Waals surface area contributed by atoms with Crippen LogP contribution in [0, 0.1) is 0 Å². The number of nitrogens with zero attached hydrogens (tertiary/aromatic N) is 2. The molecule has 1 aliphatic rings. The van der Waals surface area contributed by atoms with Crippen LogP contribution in [0.3, 0.4) is 0 Å². The Bertz CT molecular complexity index is 711. The van der Waals surface area contributed by atoms with E-state index in [-0.39, 0.29) is 0 Å². The van der Waals surface area contributed by atoms with E-state index in [0.29, 0.717) is 24.7 Å². The predicted octanol–water partition coefficient (Wildman–Crippen LogP) is 3.76. The number of hydrogen-bond donors (Lipinski definition) is 1. The van der Waals surface area contributed by atoms with Crippen LogP contribution in [0.1, 0.15) is 11.1 Å². The third-order valence-corrected chi connectivity index (χ3v) is 4.80. The Morgan fingerprint density at radius 2 is 1.58 bits per heavy atom. The third kappa shape index (κ3) is 5.38. The van der Waals surface area contributed by atoms with Gasteiger partial charge in [0.1, 0.15) is 5.75 Å². The van der Waals surface area contributed by atoms with Gasteiger partial charge in [-0.1, -0.05) is 35.9 Å². The fourth-order valence-electron chi connectivity index (χ4n) is 2.98. The lowest BCUT2D eigenvalue weighted by Gasteiger charge is -2.33. The van der Waals surface area contributed by atoms with Gasteiger partial charge in [-0.15, -0.1) is 0 Å². The van der Waals surface area contributed by atoms with Gasteiger partial charge in [0.15, 0.2) is 0 Å². The number of ether oxygens (including phenoxy) is 1. The summed E-state index contributed by atoms with van der Waals surface area (Å²) >= 11 is 5.86. The zero-order valence-electron chi connectivity index (χ0n) is 14.6. The van der Waals surface area contributed by atoms with Crippen LogP contribution in [0.2, 0.25) is 5.02 Å². The summed E-state index contributed by atoms with van der Waals surface area (Å²) in [7, 11) is 0. The molecule has 2 aromatic rings. The van der Waals surface area contributed by atoms with Gasteiger partial charge >= 0.3 is 6.09 Å². The standard InChI is InChI=1S/C20H23ClN2O3/c21-18-5-7-19(8-6-18)26-14-9-16-1-3-17(4-2-16)15-22-10-12-23(13-11-22)20(24)25/h1-8H,9-15H2,(H,24,25). The van der Waals surface area contributed by atoms with Crippen molar-refractivity contribution in [3.8, 4) is 5.75 Å². The Hall–Kier alpha value is -2.24. The molecule has 1 heterocycles. The van der Waals surface area contributed by atoms with Crippen molar-refractivity contribution in [2.75, 3.05) is 32.8 Å². The second kappa shape index (κ2) is 8.92. The number of hydrogen-bond acceptors (Lipinski definition) is 3. The molecular formula is C20H23ClN2O3. The van der Waals surface area contributed by atoms with Crippen molar-refractivity contribution in [2.45, 2.75) is 13.0 Å². The van der Waals surface area contributed by atoms with Gasteiger partial charge in [-0.3, -0.25) is 4.90 Å². The van der Waals surface area contributed by atoms with Crippen molar-refractivity contribution in [2.24, 2.45) is 0 Å². The molecule has 0 aromatic heterocycles. The summed E-state index contributed by atoms with van der Waals surface area (Å²) in [6, 6.07) is 15.9. The molecule has 1 saturated heterocycles. The first-order chi connectivity index (χ1) is 12.6. The van der Waals surface area contributed by atoms with Crippen LogP contribution in [0.15, 0.2) is 48.5 Å². The minimum Gasteiger partial charge on any atom is -0.493 e. The van der Waals surface area contributed by atoms with Gasteiger partial charge in [0.25, 0.3) is 0 Å². The topological polar surface area (TPSA) is 53.0 Å². The summed E-state index contributed by atoms with van der Waals surface area (Å²) in [5, 5.41) is 9.70. The van der Waals surface area contributed by atoms with Crippen LogP contribution >= 0.6 is 11.6 Å². The largest absolute Gasteiger partial charge is 0.493 e. The number of rotatable bonds is 6. The molecule has 0 spiro atoms. The Morgan fingerprint density at radius 3 is 2.19 bits per heavy atom. The van der Waals surface area contributed by atoms with E-state index in [2.05, 4.69) is 29.2 Å². The quantitative estimate of drug-likeness (QED) is 0.836. The predicted molar refractivity (Wildman–Crippen MR) is 102 cm³/mol. The normalized spacial score (nSPS) is 15.0. The molecule has 2 aromatic carbocycles. The maximum atomic E-state index is 10.9. The Labute approximate surface area is 158 Å². The molecule has 26 heavy (non-hydrogen) atoms. The van der Waals surface area contributed by atoms with Crippen LogP contribution in [0.5, 0.6) is 5.75 Å². The molecule has 0 unspecified atom stereocenters. The zero-order chi connectivity index (χ0) is 18.4. The van der Waals surface area contributed by atoms with E-state index < -0.39 is 6.09 Å². The third-order valence-electron chi connectivity index (χ3n) is 4.55. The molecule has 6 heteroatoms. The summed E-state index contributed by atoms with van der Waals surface area (Å²) in [6.45, 7) is 4.20. The highest BCUT2D eigenvalue weighted by Gasteiger charge is 2.20. The zero-order valence-corrected chi connectivity index (χ0v) is 15.4. The molecule has 0 saturated carbocycles. The highest BCUT2D eigenvalue weighted by atomic mass is 35.5. The van der Waals surface area contributed by atoms with Crippen LogP contribution < -0.4 is 4.74 Å². The SMILES string of the molecule is O=C(O)N1CCN(Cc2ccc(CCOc3ccc(Cl)cc3)cc2)CC1. The highest BCUT2D eigenvalue weighted by molar-refractivity contribution is 6.30. The van der Waals surface area contributed by atoms with Gasteiger partial charge in [0.05, 0.1) is 6.61 Å². The van der Waals surface area contributed by atoms with E-state index >= 15 is 0 Å². The van der Waals surface area contributed by atoms with E-state index in [1.807, 2.05) is 24.3 Å². The van der Waals surface area contributed by atoms with E-state index in [9.17, 15) is 4.79 Å². The van der Waals surface area contributed by atoms with Crippen LogP contribution in [-0.2, 0) is 13.0 Å². The summed E-state index contributed by atoms with van der Waals surface area (Å²) < 4.78 is 5.73. The number of piperazine rings is 1. The minimum absolute atomic E-state index is 0.579. The first-order valence-electron chi connectivity index (χ1n) is 8.76. The molecule has 1 fully saturated rings. The molecular weight excluding hydrogens is 352 g/mol. The molecule has 1 amide bonds. The number of halogens is 1. The molecule has 1 N–H and O–H groups in total. The Kier molecular flexibility index (Phi) is 6.36. The van der Waals surface area contributed by atoms with Crippen LogP contribution in [0.4, 0.5) is 4.79 Å². The van der Waals surface area contributed by atoms with E-state index in [0.717, 1.165) is 31.8 Å². The van der Waals surface area contributed by atoms with Gasteiger partial charge in [0, 0.05) is 44.2 Å². The van der Waals surface area contributed by atoms with Crippen LogP contribution in [0.25, 0.3) is 0 Å². The van der Waals surface area contributed by atoms with Gasteiger partial charge in [-0.25, -0.2) is 4.79 Å². The van der Waals surface area contributed by atoms with Crippen molar-refractivity contribution >= 4 is 17.7 Å². The van der Waals surface area contributed by atoms with Crippen LogP contribution in [-0.4, -0.2) is 53.8 Å². The fourth-order valence-corrected chi connectivity index (χ4v) is 3.11. The molecule has 0 aliphatic carbocycles.